The molecule has 0 N–H and O–H groups in total. The highest BCUT2D eigenvalue weighted by atomic mass is 16.5. The third-order valence-corrected chi connectivity index (χ3v) is 4.71. The standard InChI is InChI=1S/C16H22N6O/c1-12-19-16(23-20-12)13-5-4-8-22(10-13)15-9-14(17-11-18-15)21-6-2-3-7-21/h9,11,13H,2-8,10H2,1H3. The Hall–Kier alpha value is -2.18. The molecule has 0 spiro atoms. The van der Waals surface area contributed by atoms with Gasteiger partial charge >= 0.3 is 0 Å². The van der Waals surface area contributed by atoms with Crippen LogP contribution in [0.2, 0.25) is 0 Å². The molecule has 2 aliphatic heterocycles. The average Bonchev–Trinajstić information content (AvgIpc) is 3.27. The highest BCUT2D eigenvalue weighted by Crippen LogP contribution is 2.29. The summed E-state index contributed by atoms with van der Waals surface area (Å²) >= 11 is 0. The zero-order valence-corrected chi connectivity index (χ0v) is 13.5. The molecule has 0 aliphatic carbocycles. The monoisotopic (exact) mass is 314 g/mol. The third-order valence-electron chi connectivity index (χ3n) is 4.71. The van der Waals surface area contributed by atoms with Gasteiger partial charge in [0.15, 0.2) is 5.82 Å². The van der Waals surface area contributed by atoms with Crippen molar-refractivity contribution in [3.63, 3.8) is 0 Å². The number of rotatable bonds is 3. The van der Waals surface area contributed by atoms with E-state index in [-0.39, 0.29) is 5.92 Å². The Bertz CT molecular complexity index is 666. The van der Waals surface area contributed by atoms with Crippen molar-refractivity contribution in [1.82, 2.24) is 20.1 Å². The molecule has 1 atom stereocenters. The van der Waals surface area contributed by atoms with Crippen LogP contribution in [0.25, 0.3) is 0 Å². The van der Waals surface area contributed by atoms with Crippen LogP contribution >= 0.6 is 0 Å². The van der Waals surface area contributed by atoms with E-state index in [1.807, 2.05) is 6.92 Å². The highest BCUT2D eigenvalue weighted by molar-refractivity contribution is 5.51. The van der Waals surface area contributed by atoms with E-state index in [1.54, 1.807) is 6.33 Å². The molecule has 4 heterocycles. The molecule has 0 saturated carbocycles. The summed E-state index contributed by atoms with van der Waals surface area (Å²) < 4.78 is 5.36. The predicted octanol–water partition coefficient (Wildman–Crippen LogP) is 2.15. The van der Waals surface area contributed by atoms with Gasteiger partial charge in [-0.25, -0.2) is 9.97 Å². The van der Waals surface area contributed by atoms with E-state index in [9.17, 15) is 0 Å². The number of nitrogens with zero attached hydrogens (tertiary/aromatic N) is 6. The molecular weight excluding hydrogens is 292 g/mol. The van der Waals surface area contributed by atoms with Gasteiger partial charge in [0.1, 0.15) is 18.0 Å². The zero-order chi connectivity index (χ0) is 15.6. The van der Waals surface area contributed by atoms with E-state index >= 15 is 0 Å². The second kappa shape index (κ2) is 6.14. The molecule has 4 rings (SSSR count). The van der Waals surface area contributed by atoms with Crippen LogP contribution in [0.5, 0.6) is 0 Å². The lowest BCUT2D eigenvalue weighted by molar-refractivity contribution is 0.331. The first-order valence-corrected chi connectivity index (χ1v) is 8.42. The molecule has 7 heteroatoms. The molecule has 122 valence electrons. The molecule has 1 unspecified atom stereocenters. The first-order valence-electron chi connectivity index (χ1n) is 8.42. The van der Waals surface area contributed by atoms with Crippen molar-refractivity contribution >= 4 is 11.6 Å². The molecule has 2 saturated heterocycles. The quantitative estimate of drug-likeness (QED) is 0.859. The van der Waals surface area contributed by atoms with E-state index in [0.717, 1.165) is 56.5 Å². The lowest BCUT2D eigenvalue weighted by atomic mass is 9.98. The summed E-state index contributed by atoms with van der Waals surface area (Å²) in [7, 11) is 0. The van der Waals surface area contributed by atoms with Gasteiger partial charge in [-0.05, 0) is 32.6 Å². The summed E-state index contributed by atoms with van der Waals surface area (Å²) in [5.74, 6) is 3.79. The molecule has 2 aromatic rings. The molecular formula is C16H22N6O. The fourth-order valence-corrected chi connectivity index (χ4v) is 3.50. The largest absolute Gasteiger partial charge is 0.356 e. The van der Waals surface area contributed by atoms with Crippen LogP contribution in [0.4, 0.5) is 11.6 Å². The van der Waals surface area contributed by atoms with E-state index in [0.29, 0.717) is 5.82 Å². The third kappa shape index (κ3) is 3.00. The minimum atomic E-state index is 0.287. The van der Waals surface area contributed by atoms with Gasteiger partial charge in [-0.1, -0.05) is 5.16 Å². The summed E-state index contributed by atoms with van der Waals surface area (Å²) in [6, 6.07) is 2.12. The van der Waals surface area contributed by atoms with Gasteiger partial charge in [0.05, 0.1) is 5.92 Å². The normalized spacial score (nSPS) is 21.9. The van der Waals surface area contributed by atoms with Crippen LogP contribution in [0.15, 0.2) is 16.9 Å². The fraction of sp³-hybridized carbons (Fsp3) is 0.625. The fourth-order valence-electron chi connectivity index (χ4n) is 3.50. The minimum Gasteiger partial charge on any atom is -0.356 e. The Balaban J connectivity index is 1.52. The van der Waals surface area contributed by atoms with Crippen molar-refractivity contribution in [2.75, 3.05) is 36.0 Å². The Morgan fingerprint density at radius 2 is 1.78 bits per heavy atom. The van der Waals surface area contributed by atoms with E-state index in [1.165, 1.54) is 12.8 Å². The van der Waals surface area contributed by atoms with Gasteiger partial charge in [0, 0.05) is 32.2 Å². The number of hydrogen-bond donors (Lipinski definition) is 0. The summed E-state index contributed by atoms with van der Waals surface area (Å²) in [5.41, 5.74) is 0. The maximum Gasteiger partial charge on any atom is 0.231 e. The Kier molecular flexibility index (Phi) is 3.85. The maximum absolute atomic E-state index is 5.36. The first-order chi connectivity index (χ1) is 11.3. The second-order valence-electron chi connectivity index (χ2n) is 6.39. The van der Waals surface area contributed by atoms with Crippen molar-refractivity contribution < 1.29 is 4.52 Å². The van der Waals surface area contributed by atoms with Crippen molar-refractivity contribution in [2.24, 2.45) is 0 Å². The zero-order valence-electron chi connectivity index (χ0n) is 13.5. The van der Waals surface area contributed by atoms with Crippen LogP contribution in [-0.4, -0.2) is 46.3 Å². The molecule has 0 amide bonds. The molecule has 2 aromatic heterocycles. The number of hydrogen-bond acceptors (Lipinski definition) is 7. The molecule has 2 aliphatic rings. The van der Waals surface area contributed by atoms with Crippen molar-refractivity contribution in [3.05, 3.63) is 24.1 Å². The summed E-state index contributed by atoms with van der Waals surface area (Å²) in [4.78, 5) is 18.0. The highest BCUT2D eigenvalue weighted by Gasteiger charge is 2.27. The van der Waals surface area contributed by atoms with E-state index in [4.69, 9.17) is 4.52 Å². The lowest BCUT2D eigenvalue weighted by Gasteiger charge is -2.32. The van der Waals surface area contributed by atoms with E-state index < -0.39 is 0 Å². The number of aryl methyl sites for hydroxylation is 1. The molecule has 0 aromatic carbocycles. The lowest BCUT2D eigenvalue weighted by Crippen LogP contribution is -2.35. The van der Waals surface area contributed by atoms with Gasteiger partial charge < -0.3 is 14.3 Å². The maximum atomic E-state index is 5.36. The predicted molar refractivity (Wildman–Crippen MR) is 86.7 cm³/mol. The Morgan fingerprint density at radius 3 is 2.52 bits per heavy atom. The average molecular weight is 314 g/mol. The molecule has 0 radical (unpaired) electrons. The van der Waals surface area contributed by atoms with Crippen LogP contribution in [0, 0.1) is 6.92 Å². The van der Waals surface area contributed by atoms with Crippen molar-refractivity contribution in [2.45, 2.75) is 38.5 Å². The van der Waals surface area contributed by atoms with Crippen LogP contribution in [-0.2, 0) is 0 Å². The Morgan fingerprint density at radius 1 is 1.04 bits per heavy atom. The van der Waals surface area contributed by atoms with Crippen LogP contribution in [0.3, 0.4) is 0 Å². The number of aromatic nitrogens is 4. The van der Waals surface area contributed by atoms with Gasteiger partial charge in [-0.15, -0.1) is 0 Å². The SMILES string of the molecule is Cc1noc(C2CCCN(c3cc(N4CCCC4)ncn3)C2)n1. The van der Waals surface area contributed by atoms with Crippen LogP contribution in [0.1, 0.15) is 43.3 Å². The van der Waals surface area contributed by atoms with Gasteiger partial charge in [0.2, 0.25) is 5.89 Å². The topological polar surface area (TPSA) is 71.2 Å². The van der Waals surface area contributed by atoms with Crippen molar-refractivity contribution in [3.8, 4) is 0 Å². The Labute approximate surface area is 135 Å². The van der Waals surface area contributed by atoms with Gasteiger partial charge in [-0.3, -0.25) is 0 Å². The van der Waals surface area contributed by atoms with Crippen molar-refractivity contribution in [1.29, 1.82) is 0 Å². The number of anilines is 2. The first kappa shape index (κ1) is 14.4. The van der Waals surface area contributed by atoms with Gasteiger partial charge in [0.25, 0.3) is 0 Å². The minimum absolute atomic E-state index is 0.287. The summed E-state index contributed by atoms with van der Waals surface area (Å²) in [6.07, 6.45) is 6.38. The molecule has 7 nitrogen and oxygen atoms in total. The summed E-state index contributed by atoms with van der Waals surface area (Å²) in [5, 5.41) is 3.92. The van der Waals surface area contributed by atoms with Crippen LogP contribution < -0.4 is 9.80 Å². The number of piperidine rings is 1. The molecule has 0 bridgehead atoms. The summed E-state index contributed by atoms with van der Waals surface area (Å²) in [6.45, 7) is 5.94. The molecule has 2 fully saturated rings. The molecule has 23 heavy (non-hydrogen) atoms. The van der Waals surface area contributed by atoms with Gasteiger partial charge in [-0.2, -0.15) is 4.98 Å². The second-order valence-corrected chi connectivity index (χ2v) is 6.39. The van der Waals surface area contributed by atoms with E-state index in [2.05, 4.69) is 36.0 Å². The smallest absolute Gasteiger partial charge is 0.231 e.